The standard InChI is InChI=1S/C10H9NO.2Na/c11-8-5-1-3-7-4-2-6-9(12)10(7)8;;/h1-6,12H,11H2;;. The number of fused-ring (bicyclic) bond motifs is 1. The summed E-state index contributed by atoms with van der Waals surface area (Å²) in [5, 5.41) is 11.2. The third-order valence-corrected chi connectivity index (χ3v) is 1.91. The zero-order valence-corrected chi connectivity index (χ0v) is 12.5. The van der Waals surface area contributed by atoms with E-state index in [-0.39, 0.29) is 64.9 Å². The van der Waals surface area contributed by atoms with Crippen LogP contribution in [0, 0.1) is 0 Å². The number of nitrogens with two attached hydrogens (primary N) is 1. The van der Waals surface area contributed by atoms with Crippen LogP contribution < -0.4 is 5.73 Å². The van der Waals surface area contributed by atoms with E-state index in [1.165, 1.54) is 0 Å². The minimum atomic E-state index is 0. The molecule has 2 rings (SSSR count). The Balaban J connectivity index is 0.000000845. The molecular weight excluding hydrogens is 196 g/mol. The van der Waals surface area contributed by atoms with E-state index >= 15 is 0 Å². The second-order valence-electron chi connectivity index (χ2n) is 2.72. The van der Waals surface area contributed by atoms with Gasteiger partial charge in [-0.2, -0.15) is 0 Å². The normalized spacial score (nSPS) is 8.86. The molecule has 3 N–H and O–H groups in total. The van der Waals surface area contributed by atoms with Crippen LogP contribution in [0.25, 0.3) is 10.8 Å². The Morgan fingerprint density at radius 2 is 1.50 bits per heavy atom. The van der Waals surface area contributed by atoms with Gasteiger partial charge in [0.2, 0.25) is 0 Å². The summed E-state index contributed by atoms with van der Waals surface area (Å²) in [5.41, 5.74) is 6.31. The predicted octanol–water partition coefficient (Wildman–Crippen LogP) is 1.37. The number of rotatable bonds is 0. The number of phenolic OH excluding ortho intramolecular Hbond substituents is 1. The molecule has 0 spiro atoms. The van der Waals surface area contributed by atoms with Crippen molar-refractivity contribution in [2.45, 2.75) is 0 Å². The van der Waals surface area contributed by atoms with Gasteiger partial charge in [-0.25, -0.2) is 0 Å². The summed E-state index contributed by atoms with van der Waals surface area (Å²) in [6.45, 7) is 0. The van der Waals surface area contributed by atoms with E-state index in [4.69, 9.17) is 5.73 Å². The first-order chi connectivity index (χ1) is 5.79. The van der Waals surface area contributed by atoms with Crippen LogP contribution in [0.15, 0.2) is 36.4 Å². The summed E-state index contributed by atoms with van der Waals surface area (Å²) in [5.74, 6) is 0.241. The van der Waals surface area contributed by atoms with Gasteiger partial charge in [-0.3, -0.25) is 0 Å². The Kier molecular flexibility index (Phi) is 6.14. The van der Waals surface area contributed by atoms with Gasteiger partial charge in [0.15, 0.2) is 0 Å². The fraction of sp³-hybridized carbons (Fsp3) is 0. The summed E-state index contributed by atoms with van der Waals surface area (Å²) in [6, 6.07) is 10.9. The van der Waals surface area contributed by atoms with Crippen molar-refractivity contribution in [3.63, 3.8) is 0 Å². The van der Waals surface area contributed by atoms with E-state index in [1.807, 2.05) is 18.2 Å². The smallest absolute Gasteiger partial charge is 0.125 e. The summed E-state index contributed by atoms with van der Waals surface area (Å²) in [7, 11) is 0. The Hall–Kier alpha value is 0.300. The molecule has 0 fully saturated rings. The molecule has 0 saturated carbocycles. The second kappa shape index (κ2) is 6.01. The molecule has 0 aromatic heterocycles. The van der Waals surface area contributed by atoms with Crippen molar-refractivity contribution in [2.75, 3.05) is 5.73 Å². The topological polar surface area (TPSA) is 46.2 Å². The molecule has 0 amide bonds. The first kappa shape index (κ1) is 14.3. The molecule has 62 valence electrons. The van der Waals surface area contributed by atoms with Gasteiger partial charge in [-0.1, -0.05) is 24.3 Å². The van der Waals surface area contributed by atoms with Crippen LogP contribution in [-0.4, -0.2) is 64.2 Å². The van der Waals surface area contributed by atoms with Crippen LogP contribution in [-0.2, 0) is 0 Å². The van der Waals surface area contributed by atoms with Crippen LogP contribution >= 0.6 is 0 Å². The van der Waals surface area contributed by atoms with Gasteiger partial charge < -0.3 is 10.8 Å². The van der Waals surface area contributed by atoms with Crippen LogP contribution in [0.1, 0.15) is 0 Å². The molecule has 14 heavy (non-hydrogen) atoms. The molecule has 0 aliphatic carbocycles. The zero-order chi connectivity index (χ0) is 8.55. The summed E-state index contributed by atoms with van der Waals surface area (Å²) >= 11 is 0. The van der Waals surface area contributed by atoms with E-state index in [2.05, 4.69) is 0 Å². The maximum Gasteiger partial charge on any atom is 0.125 e. The maximum atomic E-state index is 9.47. The number of benzene rings is 2. The molecule has 2 aromatic carbocycles. The molecule has 4 heteroatoms. The summed E-state index contributed by atoms with van der Waals surface area (Å²) in [6.07, 6.45) is 0. The van der Waals surface area contributed by atoms with Gasteiger partial charge in [0.1, 0.15) is 5.75 Å². The fourth-order valence-corrected chi connectivity index (χ4v) is 1.35. The van der Waals surface area contributed by atoms with Gasteiger partial charge >= 0.3 is 0 Å². The minimum absolute atomic E-state index is 0. The van der Waals surface area contributed by atoms with Crippen LogP contribution in [0.3, 0.4) is 0 Å². The van der Waals surface area contributed by atoms with Gasteiger partial charge in [-0.15, -0.1) is 0 Å². The average Bonchev–Trinajstić information content (AvgIpc) is 2.04. The maximum absolute atomic E-state index is 9.47. The van der Waals surface area contributed by atoms with E-state index in [9.17, 15) is 5.11 Å². The molecule has 0 saturated heterocycles. The number of anilines is 1. The Labute approximate surface area is 127 Å². The van der Waals surface area contributed by atoms with Gasteiger partial charge in [0.25, 0.3) is 0 Å². The van der Waals surface area contributed by atoms with Crippen LogP contribution in [0.2, 0.25) is 0 Å². The fourth-order valence-electron chi connectivity index (χ4n) is 1.35. The van der Waals surface area contributed by atoms with Gasteiger partial charge in [0, 0.05) is 70.2 Å². The van der Waals surface area contributed by atoms with E-state index < -0.39 is 0 Å². The third kappa shape index (κ3) is 2.66. The molecule has 2 aromatic rings. The summed E-state index contributed by atoms with van der Waals surface area (Å²) < 4.78 is 0. The summed E-state index contributed by atoms with van der Waals surface area (Å²) in [4.78, 5) is 0. The Morgan fingerprint density at radius 3 is 2.07 bits per heavy atom. The van der Waals surface area contributed by atoms with Gasteiger partial charge in [0.05, 0.1) is 0 Å². The molecule has 2 nitrogen and oxygen atoms in total. The van der Waals surface area contributed by atoms with Crippen molar-refractivity contribution in [3.05, 3.63) is 36.4 Å². The monoisotopic (exact) mass is 205 g/mol. The molecule has 0 heterocycles. The molecule has 0 unspecified atom stereocenters. The van der Waals surface area contributed by atoms with Crippen molar-refractivity contribution < 1.29 is 5.11 Å². The number of hydrogen-bond acceptors (Lipinski definition) is 2. The molecule has 0 aliphatic rings. The number of nitrogen functional groups attached to an aromatic ring is 1. The molecule has 0 bridgehead atoms. The predicted molar refractivity (Wildman–Crippen MR) is 61.5 cm³/mol. The minimum Gasteiger partial charge on any atom is -0.507 e. The first-order valence-electron chi connectivity index (χ1n) is 3.75. The van der Waals surface area contributed by atoms with Crippen molar-refractivity contribution in [2.24, 2.45) is 0 Å². The molecule has 0 atom stereocenters. The van der Waals surface area contributed by atoms with E-state index in [0.29, 0.717) is 5.69 Å². The Bertz CT molecular complexity index is 395. The van der Waals surface area contributed by atoms with Crippen molar-refractivity contribution in [1.29, 1.82) is 0 Å². The number of aromatic hydroxyl groups is 1. The quantitative estimate of drug-likeness (QED) is 0.504. The molecular formula is C10H9NNa2O. The SMILES string of the molecule is Nc1cccc2cccc(O)c12.[Na].[Na]. The zero-order valence-electron chi connectivity index (χ0n) is 8.49. The number of phenols is 1. The van der Waals surface area contributed by atoms with E-state index in [1.54, 1.807) is 18.2 Å². The average molecular weight is 205 g/mol. The number of hydrogen-bond donors (Lipinski definition) is 2. The van der Waals surface area contributed by atoms with Crippen molar-refractivity contribution >= 4 is 75.6 Å². The van der Waals surface area contributed by atoms with Crippen molar-refractivity contribution in [1.82, 2.24) is 0 Å². The molecule has 0 aliphatic heterocycles. The second-order valence-corrected chi connectivity index (χ2v) is 2.72. The van der Waals surface area contributed by atoms with Crippen LogP contribution in [0.4, 0.5) is 5.69 Å². The Morgan fingerprint density at radius 1 is 0.929 bits per heavy atom. The third-order valence-electron chi connectivity index (χ3n) is 1.91. The van der Waals surface area contributed by atoms with Gasteiger partial charge in [-0.05, 0) is 17.5 Å². The first-order valence-corrected chi connectivity index (χ1v) is 3.75. The van der Waals surface area contributed by atoms with Crippen LogP contribution in [0.5, 0.6) is 5.75 Å². The van der Waals surface area contributed by atoms with E-state index in [0.717, 1.165) is 10.8 Å². The van der Waals surface area contributed by atoms with Crippen molar-refractivity contribution in [3.8, 4) is 5.75 Å². The largest absolute Gasteiger partial charge is 0.507 e. The molecule has 2 radical (unpaired) electrons.